The molecular formula is C28H60Ti. The first-order valence-electron chi connectivity index (χ1n) is 13.2. The van der Waals surface area contributed by atoms with E-state index in [1.165, 1.54) is 77.0 Å². The van der Waals surface area contributed by atoms with Gasteiger partial charge in [-0.3, -0.25) is 0 Å². The number of hydrogen-bond acceptors (Lipinski definition) is 0. The fourth-order valence-corrected chi connectivity index (χ4v) is 29.3. The van der Waals surface area contributed by atoms with Gasteiger partial charge < -0.3 is 0 Å². The van der Waals surface area contributed by atoms with E-state index in [9.17, 15) is 0 Å². The molecule has 0 unspecified atom stereocenters. The van der Waals surface area contributed by atoms with Crippen LogP contribution in [0, 0.1) is 0 Å². The predicted octanol–water partition coefficient (Wildman–Crippen LogP) is 11.7. The molecule has 0 aromatic carbocycles. The van der Waals surface area contributed by atoms with Gasteiger partial charge in [-0.15, -0.1) is 0 Å². The molecule has 0 atom stereocenters. The third-order valence-electron chi connectivity index (χ3n) is 8.68. The first kappa shape index (κ1) is 29.7. The molecule has 0 rings (SSSR count). The van der Waals surface area contributed by atoms with Crippen molar-refractivity contribution in [2.24, 2.45) is 0 Å². The fourth-order valence-electron chi connectivity index (χ4n) is 8.72. The van der Waals surface area contributed by atoms with E-state index in [4.69, 9.17) is 0 Å². The Bertz CT molecular complexity index is 356. The summed E-state index contributed by atoms with van der Waals surface area (Å²) in [5.41, 5.74) is 0. The van der Waals surface area contributed by atoms with Crippen molar-refractivity contribution in [3.63, 3.8) is 0 Å². The van der Waals surface area contributed by atoms with E-state index in [1.54, 1.807) is 0 Å². The van der Waals surface area contributed by atoms with E-state index in [1.807, 2.05) is 0 Å². The maximum absolute atomic E-state index is 2.73. The van der Waals surface area contributed by atoms with Crippen LogP contribution < -0.4 is 0 Å². The minimum absolute atomic E-state index is 0.502. The quantitative estimate of drug-likeness (QED) is 0.208. The normalized spacial score (nSPS) is 14.5. The molecule has 0 saturated heterocycles. The zero-order valence-corrected chi connectivity index (χ0v) is 24.5. The van der Waals surface area contributed by atoms with Crippen molar-refractivity contribution in [3.8, 4) is 0 Å². The SMILES string of the molecule is CCCC[C](C)(C)[Ti]([C](C)(C)CCCC)([C](C)(C)CCCC)[C](C)(C)CCCC. The molecule has 0 aliphatic rings. The van der Waals surface area contributed by atoms with Crippen LogP contribution in [0.4, 0.5) is 0 Å². The van der Waals surface area contributed by atoms with Gasteiger partial charge in [-0.2, -0.15) is 0 Å². The molecule has 1 heteroatoms. The molecule has 0 amide bonds. The first-order valence-corrected chi connectivity index (χ1v) is 16.4. The molecule has 0 N–H and O–H groups in total. The Morgan fingerprint density at radius 2 is 0.552 bits per heavy atom. The third kappa shape index (κ3) is 6.37. The van der Waals surface area contributed by atoms with Crippen molar-refractivity contribution in [1.29, 1.82) is 0 Å². The summed E-state index contributed by atoms with van der Waals surface area (Å²) in [6.45, 7) is 31.4. The zero-order chi connectivity index (χ0) is 23.0. The fraction of sp³-hybridized carbons (Fsp3) is 1.00. The summed E-state index contributed by atoms with van der Waals surface area (Å²) < 4.78 is 2.01. The number of hydrogen-bond donors (Lipinski definition) is 0. The second-order valence-electron chi connectivity index (χ2n) is 12.7. The van der Waals surface area contributed by atoms with Gasteiger partial charge in [0.25, 0.3) is 0 Å². The summed E-state index contributed by atoms with van der Waals surface area (Å²) in [5.74, 6) is 0. The van der Waals surface area contributed by atoms with Crippen molar-refractivity contribution in [2.45, 2.75) is 175 Å². The summed E-state index contributed by atoms with van der Waals surface area (Å²) in [4.78, 5) is 0. The second kappa shape index (κ2) is 12.1. The Hall–Kier alpha value is 0.714. The van der Waals surface area contributed by atoms with Gasteiger partial charge in [0, 0.05) is 0 Å². The van der Waals surface area contributed by atoms with E-state index >= 15 is 0 Å². The average molecular weight is 445 g/mol. The van der Waals surface area contributed by atoms with Gasteiger partial charge in [0.05, 0.1) is 0 Å². The molecule has 0 aliphatic heterocycles. The Morgan fingerprint density at radius 3 is 0.690 bits per heavy atom. The second-order valence-corrected chi connectivity index (χ2v) is 23.5. The van der Waals surface area contributed by atoms with Crippen molar-refractivity contribution in [3.05, 3.63) is 0 Å². The summed E-state index contributed by atoms with van der Waals surface area (Å²) >= 11 is -2.60. The van der Waals surface area contributed by atoms with Crippen LogP contribution in [0.15, 0.2) is 0 Å². The zero-order valence-electron chi connectivity index (χ0n) is 23.0. The van der Waals surface area contributed by atoms with Crippen LogP contribution in [-0.4, -0.2) is 0 Å². The molecule has 0 heterocycles. The molecule has 0 aliphatic carbocycles. The average Bonchev–Trinajstić information content (AvgIpc) is 2.60. The molecule has 0 radical (unpaired) electrons. The molecule has 0 bridgehead atoms. The summed E-state index contributed by atoms with van der Waals surface area (Å²) in [7, 11) is 0. The van der Waals surface area contributed by atoms with Crippen molar-refractivity contribution < 1.29 is 16.6 Å². The van der Waals surface area contributed by atoms with Crippen molar-refractivity contribution in [2.75, 3.05) is 0 Å². The van der Waals surface area contributed by atoms with E-state index in [0.717, 1.165) is 0 Å². The van der Waals surface area contributed by atoms with Crippen LogP contribution in [-0.2, 0) is 16.6 Å². The maximum atomic E-state index is 2.73. The Balaban J connectivity index is 6.94. The molecule has 0 spiro atoms. The van der Waals surface area contributed by atoms with Crippen LogP contribution in [0.25, 0.3) is 0 Å². The molecule has 0 aromatic rings. The van der Waals surface area contributed by atoms with Gasteiger partial charge in [0.15, 0.2) is 0 Å². The number of unbranched alkanes of at least 4 members (excludes halogenated alkanes) is 4. The standard InChI is InChI=1S/4C7H15.Ti/c4*1-4-5-6-7(2)3;/h4*4-6H2,1-3H3;. The molecule has 0 fully saturated rings. The van der Waals surface area contributed by atoms with Crippen LogP contribution in [0.5, 0.6) is 0 Å². The minimum atomic E-state index is -2.60. The van der Waals surface area contributed by atoms with E-state index in [-0.39, 0.29) is 0 Å². The molecular weight excluding hydrogens is 384 g/mol. The monoisotopic (exact) mass is 444 g/mol. The van der Waals surface area contributed by atoms with Gasteiger partial charge in [-0.25, -0.2) is 0 Å². The van der Waals surface area contributed by atoms with Gasteiger partial charge in [0.2, 0.25) is 0 Å². The van der Waals surface area contributed by atoms with Gasteiger partial charge in [-0.1, -0.05) is 0 Å². The van der Waals surface area contributed by atoms with E-state index in [0.29, 0.717) is 14.9 Å². The Kier molecular flexibility index (Phi) is 12.4. The molecule has 176 valence electrons. The molecule has 0 nitrogen and oxygen atoms in total. The topological polar surface area (TPSA) is 0 Å². The Morgan fingerprint density at radius 1 is 0.379 bits per heavy atom. The van der Waals surface area contributed by atoms with Crippen LogP contribution >= 0.6 is 0 Å². The van der Waals surface area contributed by atoms with E-state index < -0.39 is 16.6 Å². The summed E-state index contributed by atoms with van der Waals surface area (Å²) in [5, 5.41) is 0. The van der Waals surface area contributed by atoms with Crippen molar-refractivity contribution in [1.82, 2.24) is 0 Å². The van der Waals surface area contributed by atoms with Crippen LogP contribution in [0.2, 0.25) is 14.9 Å². The molecule has 0 saturated carbocycles. The summed E-state index contributed by atoms with van der Waals surface area (Å²) in [6.07, 6.45) is 16.7. The Labute approximate surface area is 191 Å². The van der Waals surface area contributed by atoms with Crippen LogP contribution in [0.3, 0.4) is 0 Å². The van der Waals surface area contributed by atoms with Crippen molar-refractivity contribution >= 4 is 0 Å². The van der Waals surface area contributed by atoms with Gasteiger partial charge >= 0.3 is 192 Å². The summed E-state index contributed by atoms with van der Waals surface area (Å²) in [6, 6.07) is 0. The third-order valence-corrected chi connectivity index (χ3v) is 22.9. The van der Waals surface area contributed by atoms with E-state index in [2.05, 4.69) is 83.1 Å². The first-order chi connectivity index (χ1) is 13.2. The molecule has 29 heavy (non-hydrogen) atoms. The van der Waals surface area contributed by atoms with Crippen LogP contribution in [0.1, 0.15) is 160 Å². The predicted molar refractivity (Wildman–Crippen MR) is 134 cm³/mol. The van der Waals surface area contributed by atoms with Gasteiger partial charge in [0.1, 0.15) is 0 Å². The molecule has 0 aromatic heterocycles. The number of rotatable bonds is 16. The van der Waals surface area contributed by atoms with Gasteiger partial charge in [-0.05, 0) is 0 Å².